The minimum absolute atomic E-state index is 0.00465. The van der Waals surface area contributed by atoms with E-state index in [1.807, 2.05) is 6.08 Å². The number of nitrogens with zero attached hydrogens (tertiary/aromatic N) is 3. The van der Waals surface area contributed by atoms with Crippen molar-refractivity contribution in [3.8, 4) is 0 Å². The van der Waals surface area contributed by atoms with Gasteiger partial charge in [0, 0.05) is 12.2 Å². The highest BCUT2D eigenvalue weighted by atomic mass is 16.7. The molecule has 0 spiro atoms. The molecule has 16 nitrogen and oxygen atoms in total. The third-order valence-electron chi connectivity index (χ3n) is 7.85. The van der Waals surface area contributed by atoms with Crippen LogP contribution in [0.3, 0.4) is 0 Å². The molecule has 10 unspecified atom stereocenters. The van der Waals surface area contributed by atoms with E-state index in [-0.39, 0.29) is 11.2 Å². The number of allylic oxidation sites excluding steroid dienone is 7. The van der Waals surface area contributed by atoms with Crippen LogP contribution in [0.15, 0.2) is 78.2 Å². The van der Waals surface area contributed by atoms with E-state index in [0.29, 0.717) is 6.42 Å². The summed E-state index contributed by atoms with van der Waals surface area (Å²) in [5, 5.41) is 42.4. The number of H-pyrrole nitrogens is 1. The minimum Gasteiger partial charge on any atom is -0.455 e. The number of hydrogen-bond acceptors (Lipinski definition) is 14. The van der Waals surface area contributed by atoms with Crippen molar-refractivity contribution in [2.75, 3.05) is 6.61 Å². The maximum atomic E-state index is 12.5. The van der Waals surface area contributed by atoms with Crippen molar-refractivity contribution in [2.45, 2.75) is 101 Å². The number of carbonyl (C=O) groups excluding carboxylic acids is 2. The summed E-state index contributed by atoms with van der Waals surface area (Å²) in [5.41, 5.74) is -0.378. The molecule has 2 aliphatic heterocycles. The van der Waals surface area contributed by atoms with Crippen LogP contribution in [0.2, 0.25) is 0 Å². The van der Waals surface area contributed by atoms with Gasteiger partial charge in [-0.1, -0.05) is 55.9 Å². The molecule has 0 aliphatic carbocycles. The fraction of sp³-hybridized carbons (Fsp3) is 0.500. The van der Waals surface area contributed by atoms with Gasteiger partial charge in [-0.05, 0) is 32.8 Å². The van der Waals surface area contributed by atoms with Crippen molar-refractivity contribution in [2.24, 2.45) is 0 Å². The van der Waals surface area contributed by atoms with Crippen molar-refractivity contribution < 1.29 is 53.7 Å². The number of rotatable bonds is 15. The Labute approximate surface area is 288 Å². The van der Waals surface area contributed by atoms with Gasteiger partial charge in [-0.3, -0.25) is 9.36 Å². The molecule has 2 aromatic heterocycles. The van der Waals surface area contributed by atoms with Crippen LogP contribution in [-0.2, 0) is 33.3 Å². The predicted octanol–water partition coefficient (Wildman–Crippen LogP) is 1.04. The quantitative estimate of drug-likeness (QED) is 0.0758. The lowest BCUT2D eigenvalue weighted by atomic mass is 9.99. The van der Waals surface area contributed by atoms with Gasteiger partial charge in [0.15, 0.2) is 29.8 Å². The Hall–Kier alpha value is -4.29. The normalized spacial score (nSPS) is 29.7. The van der Waals surface area contributed by atoms with E-state index in [1.54, 1.807) is 43.4 Å². The number of esters is 2. The van der Waals surface area contributed by atoms with Gasteiger partial charge in [-0.25, -0.2) is 19.6 Å². The van der Waals surface area contributed by atoms with Gasteiger partial charge in [0.1, 0.15) is 36.6 Å². The summed E-state index contributed by atoms with van der Waals surface area (Å²) in [7, 11) is 0. The van der Waals surface area contributed by atoms with Crippen molar-refractivity contribution >= 4 is 23.1 Å². The molecule has 2 aromatic rings. The zero-order valence-electron chi connectivity index (χ0n) is 27.9. The van der Waals surface area contributed by atoms with Crippen molar-refractivity contribution in [3.05, 3.63) is 83.8 Å². The first-order valence-electron chi connectivity index (χ1n) is 16.3. The molecule has 2 aliphatic rings. The number of imidazole rings is 1. The third-order valence-corrected chi connectivity index (χ3v) is 7.85. The molecule has 0 amide bonds. The number of aromatic amines is 1. The molecular formula is C34H44N4O12. The first kappa shape index (κ1) is 38.5. The highest BCUT2D eigenvalue weighted by Crippen LogP contribution is 2.36. The van der Waals surface area contributed by atoms with Crippen LogP contribution in [-0.4, -0.2) is 114 Å². The SMILES string of the molecule is CCCC=CC=CC(=O)OC(C)C=CCC=CC=CC(=O)OC1C(C)OC(OC2C(O)C(CO)OC2n2cnc3c(=O)[nH]cnc32)C(O)C1O. The molecule has 4 heterocycles. The Morgan fingerprint density at radius 3 is 2.48 bits per heavy atom. The van der Waals surface area contributed by atoms with E-state index >= 15 is 0 Å². The third kappa shape index (κ3) is 9.91. The second-order valence-corrected chi connectivity index (χ2v) is 11.7. The zero-order chi connectivity index (χ0) is 36.2. The summed E-state index contributed by atoms with van der Waals surface area (Å²) >= 11 is 0. The molecule has 10 atom stereocenters. The number of ether oxygens (including phenoxy) is 5. The number of aliphatic hydroxyl groups excluding tert-OH is 4. The maximum absolute atomic E-state index is 12.5. The van der Waals surface area contributed by atoms with Crippen molar-refractivity contribution in [1.29, 1.82) is 0 Å². The molecule has 0 aromatic carbocycles. The molecule has 272 valence electrons. The first-order chi connectivity index (χ1) is 24.0. The standard InChI is InChI=1S/C34H44N4O12/c1-4-5-6-8-12-15-23(40)46-20(2)14-11-9-7-10-13-16-24(41)49-29-21(3)47-34(28(44)27(29)43)50-30-26(42)22(17-39)48-33(30)38-19-37-25-31(38)35-18-36-32(25)45/h6-8,10-16,18-22,26-30,33-34,39,42-44H,4-5,9,17H2,1-3H3,(H,35,36,45). The molecule has 4 rings (SSSR count). The smallest absolute Gasteiger partial charge is 0.331 e. The van der Waals surface area contributed by atoms with E-state index in [0.717, 1.165) is 18.9 Å². The molecule has 2 fully saturated rings. The number of fused-ring (bicyclic) bond motifs is 1. The lowest BCUT2D eigenvalue weighted by molar-refractivity contribution is -0.314. The number of hydrogen-bond donors (Lipinski definition) is 5. The molecule has 2 saturated heterocycles. The molecule has 0 saturated carbocycles. The van der Waals surface area contributed by atoms with Crippen LogP contribution in [0, 0.1) is 0 Å². The number of carbonyl (C=O) groups is 2. The van der Waals surface area contributed by atoms with Gasteiger partial charge in [0.2, 0.25) is 0 Å². The summed E-state index contributed by atoms with van der Waals surface area (Å²) in [6.45, 7) is 4.74. The summed E-state index contributed by atoms with van der Waals surface area (Å²) in [5.74, 6) is -1.24. The van der Waals surface area contributed by atoms with Gasteiger partial charge in [-0.2, -0.15) is 0 Å². The molecular weight excluding hydrogens is 656 g/mol. The number of nitrogens with one attached hydrogen (secondary N) is 1. The lowest BCUT2D eigenvalue weighted by Crippen LogP contribution is -2.59. The first-order valence-corrected chi connectivity index (χ1v) is 16.3. The summed E-state index contributed by atoms with van der Waals surface area (Å²) in [4.78, 5) is 47.0. The fourth-order valence-corrected chi connectivity index (χ4v) is 5.28. The molecule has 0 bridgehead atoms. The number of aliphatic hydroxyl groups is 4. The van der Waals surface area contributed by atoms with Gasteiger partial charge >= 0.3 is 11.9 Å². The Balaban J connectivity index is 1.27. The molecule has 16 heteroatoms. The molecule has 0 radical (unpaired) electrons. The number of unbranched alkanes of at least 4 members (excludes halogenated alkanes) is 1. The number of aromatic nitrogens is 4. The highest BCUT2D eigenvalue weighted by molar-refractivity contribution is 5.83. The second-order valence-electron chi connectivity index (χ2n) is 11.7. The fourth-order valence-electron chi connectivity index (χ4n) is 5.28. The van der Waals surface area contributed by atoms with Crippen molar-refractivity contribution in [3.63, 3.8) is 0 Å². The van der Waals surface area contributed by atoms with Crippen LogP contribution in [0.1, 0.15) is 46.3 Å². The maximum Gasteiger partial charge on any atom is 0.331 e. The Morgan fingerprint density at radius 2 is 1.74 bits per heavy atom. The van der Waals surface area contributed by atoms with E-state index in [9.17, 15) is 34.8 Å². The minimum atomic E-state index is -1.72. The van der Waals surface area contributed by atoms with Crippen LogP contribution < -0.4 is 5.56 Å². The highest BCUT2D eigenvalue weighted by Gasteiger charge is 2.51. The average Bonchev–Trinajstić information content (AvgIpc) is 3.66. The predicted molar refractivity (Wildman–Crippen MR) is 177 cm³/mol. The average molecular weight is 701 g/mol. The molecule has 50 heavy (non-hydrogen) atoms. The van der Waals surface area contributed by atoms with Gasteiger partial charge in [-0.15, -0.1) is 0 Å². The Kier molecular flexibility index (Phi) is 14.4. The van der Waals surface area contributed by atoms with Gasteiger partial charge in [0.05, 0.1) is 25.4 Å². The van der Waals surface area contributed by atoms with Crippen LogP contribution in [0.5, 0.6) is 0 Å². The van der Waals surface area contributed by atoms with Crippen molar-refractivity contribution in [1.82, 2.24) is 19.5 Å². The van der Waals surface area contributed by atoms with E-state index in [4.69, 9.17) is 23.7 Å². The second kappa shape index (κ2) is 18.6. The zero-order valence-corrected chi connectivity index (χ0v) is 27.9. The lowest BCUT2D eigenvalue weighted by Gasteiger charge is -2.41. The molecule has 5 N–H and O–H groups in total. The van der Waals surface area contributed by atoms with E-state index in [1.165, 1.54) is 36.3 Å². The van der Waals surface area contributed by atoms with E-state index < -0.39 is 85.5 Å². The summed E-state index contributed by atoms with van der Waals surface area (Å²) < 4.78 is 29.4. The van der Waals surface area contributed by atoms with Gasteiger partial charge in [0.25, 0.3) is 5.56 Å². The summed E-state index contributed by atoms with van der Waals surface area (Å²) in [6, 6.07) is 0. The van der Waals surface area contributed by atoms with Gasteiger partial charge < -0.3 is 49.1 Å². The largest absolute Gasteiger partial charge is 0.455 e. The Morgan fingerprint density at radius 1 is 1.00 bits per heavy atom. The topological polar surface area (TPSA) is 225 Å². The Bertz CT molecular complexity index is 1630. The summed E-state index contributed by atoms with van der Waals surface area (Å²) in [6.07, 6.45) is 8.75. The van der Waals surface area contributed by atoms with Crippen LogP contribution in [0.25, 0.3) is 11.2 Å². The van der Waals surface area contributed by atoms with E-state index in [2.05, 4.69) is 21.9 Å². The van der Waals surface area contributed by atoms with Crippen LogP contribution in [0.4, 0.5) is 0 Å². The van der Waals surface area contributed by atoms with Crippen LogP contribution >= 0.6 is 0 Å². The monoisotopic (exact) mass is 700 g/mol.